The van der Waals surface area contributed by atoms with E-state index in [4.69, 9.17) is 0 Å². The Hall–Kier alpha value is -1.95. The second kappa shape index (κ2) is 8.06. The molecule has 6 heteroatoms. The number of carbonyl (C=O) groups is 1. The summed E-state index contributed by atoms with van der Waals surface area (Å²) in [5, 5.41) is 2.86. The number of nitrogens with zero attached hydrogens (tertiary/aromatic N) is 3. The van der Waals surface area contributed by atoms with Crippen molar-refractivity contribution in [1.29, 1.82) is 0 Å². The minimum Gasteiger partial charge on any atom is -0.344 e. The molecule has 0 unspecified atom stereocenters. The van der Waals surface area contributed by atoms with Gasteiger partial charge >= 0.3 is 0 Å². The lowest BCUT2D eigenvalue weighted by molar-refractivity contribution is 0.102. The first kappa shape index (κ1) is 17.4. The van der Waals surface area contributed by atoms with Crippen molar-refractivity contribution in [2.45, 2.75) is 26.7 Å². The largest absolute Gasteiger partial charge is 0.344 e. The maximum Gasteiger partial charge on any atom is 0.274 e. The van der Waals surface area contributed by atoms with Crippen molar-refractivity contribution in [3.63, 3.8) is 0 Å². The summed E-state index contributed by atoms with van der Waals surface area (Å²) in [7, 11) is 1.94. The number of rotatable bonds is 6. The van der Waals surface area contributed by atoms with Gasteiger partial charge in [0.05, 0.1) is 0 Å². The Kier molecular flexibility index (Phi) is 6.10. The second-order valence-corrected chi connectivity index (χ2v) is 6.35. The van der Waals surface area contributed by atoms with Crippen molar-refractivity contribution < 1.29 is 4.79 Å². The number of hydrogen-bond acceptors (Lipinski definition) is 4. The van der Waals surface area contributed by atoms with E-state index in [1.807, 2.05) is 43.1 Å². The average Bonchev–Trinajstić information content (AvgIpc) is 2.52. The number of amides is 1. The molecule has 0 atom stereocenters. The molecule has 1 aromatic heterocycles. The molecule has 122 valence electrons. The number of halogens is 1. The zero-order chi connectivity index (χ0) is 16.8. The summed E-state index contributed by atoms with van der Waals surface area (Å²) in [6, 6.07) is 9.16. The van der Waals surface area contributed by atoms with Gasteiger partial charge in [-0.15, -0.1) is 0 Å². The SMILES string of the molecule is CCCCN(C)c1nc(C)cc(C(=O)Nc2cccc(Br)c2)n1. The molecule has 0 fully saturated rings. The predicted octanol–water partition coefficient (Wildman–Crippen LogP) is 4.04. The molecule has 0 spiro atoms. The number of benzene rings is 1. The minimum absolute atomic E-state index is 0.237. The van der Waals surface area contributed by atoms with Gasteiger partial charge in [-0.3, -0.25) is 4.79 Å². The van der Waals surface area contributed by atoms with Gasteiger partial charge in [-0.25, -0.2) is 9.97 Å². The van der Waals surface area contributed by atoms with Crippen LogP contribution in [-0.4, -0.2) is 29.5 Å². The van der Waals surface area contributed by atoms with Crippen LogP contribution >= 0.6 is 15.9 Å². The molecule has 1 heterocycles. The highest BCUT2D eigenvalue weighted by Crippen LogP contribution is 2.17. The van der Waals surface area contributed by atoms with E-state index in [0.29, 0.717) is 11.6 Å². The van der Waals surface area contributed by atoms with Crippen molar-refractivity contribution in [3.8, 4) is 0 Å². The van der Waals surface area contributed by atoms with Gasteiger partial charge in [0.15, 0.2) is 0 Å². The van der Waals surface area contributed by atoms with Crippen molar-refractivity contribution >= 4 is 33.5 Å². The van der Waals surface area contributed by atoms with Crippen LogP contribution in [0.15, 0.2) is 34.8 Å². The number of hydrogen-bond donors (Lipinski definition) is 1. The topological polar surface area (TPSA) is 58.1 Å². The fraction of sp³-hybridized carbons (Fsp3) is 0.353. The highest BCUT2D eigenvalue weighted by atomic mass is 79.9. The molecule has 23 heavy (non-hydrogen) atoms. The van der Waals surface area contributed by atoms with Gasteiger partial charge in [0.1, 0.15) is 5.69 Å². The smallest absolute Gasteiger partial charge is 0.274 e. The first-order valence-corrected chi connectivity index (χ1v) is 8.42. The lowest BCUT2D eigenvalue weighted by atomic mass is 10.3. The summed E-state index contributed by atoms with van der Waals surface area (Å²) in [5.74, 6) is 0.344. The fourth-order valence-electron chi connectivity index (χ4n) is 2.10. The third-order valence-corrected chi connectivity index (χ3v) is 3.84. The van der Waals surface area contributed by atoms with Crippen LogP contribution in [0.1, 0.15) is 35.9 Å². The Morgan fingerprint density at radius 1 is 1.30 bits per heavy atom. The van der Waals surface area contributed by atoms with Gasteiger partial charge < -0.3 is 10.2 Å². The lowest BCUT2D eigenvalue weighted by Crippen LogP contribution is -2.23. The molecule has 5 nitrogen and oxygen atoms in total. The number of unbranched alkanes of at least 4 members (excludes halogenated alkanes) is 1. The van der Waals surface area contributed by atoms with Gasteiger partial charge in [-0.1, -0.05) is 35.3 Å². The zero-order valence-electron chi connectivity index (χ0n) is 13.6. The first-order chi connectivity index (χ1) is 11.0. The van der Waals surface area contributed by atoms with Crippen molar-refractivity contribution in [1.82, 2.24) is 9.97 Å². The molecule has 0 radical (unpaired) electrons. The third-order valence-electron chi connectivity index (χ3n) is 3.35. The van der Waals surface area contributed by atoms with Crippen LogP contribution < -0.4 is 10.2 Å². The Morgan fingerprint density at radius 2 is 2.09 bits per heavy atom. The highest BCUT2D eigenvalue weighted by Gasteiger charge is 2.13. The molecule has 0 bridgehead atoms. The van der Waals surface area contributed by atoms with Crippen LogP contribution in [0.3, 0.4) is 0 Å². The Balaban J connectivity index is 2.18. The number of anilines is 2. The molecule has 2 rings (SSSR count). The molecular weight excluding hydrogens is 356 g/mol. The second-order valence-electron chi connectivity index (χ2n) is 5.43. The van der Waals surface area contributed by atoms with Crippen LogP contribution in [0.25, 0.3) is 0 Å². The summed E-state index contributed by atoms with van der Waals surface area (Å²) < 4.78 is 0.911. The van der Waals surface area contributed by atoms with E-state index >= 15 is 0 Å². The maximum absolute atomic E-state index is 12.4. The molecule has 1 amide bonds. The van der Waals surface area contributed by atoms with E-state index in [0.717, 1.165) is 35.2 Å². The minimum atomic E-state index is -0.237. The van der Waals surface area contributed by atoms with E-state index in [1.54, 1.807) is 6.07 Å². The van der Waals surface area contributed by atoms with Gasteiger partial charge in [-0.05, 0) is 37.6 Å². The fourth-order valence-corrected chi connectivity index (χ4v) is 2.50. The molecule has 0 aliphatic rings. The molecular formula is C17H21BrN4O. The van der Waals surface area contributed by atoms with Crippen molar-refractivity contribution in [3.05, 3.63) is 46.2 Å². The summed E-state index contributed by atoms with van der Waals surface area (Å²) in [6.45, 7) is 4.88. The van der Waals surface area contributed by atoms with E-state index in [2.05, 4.69) is 38.1 Å². The van der Waals surface area contributed by atoms with Gasteiger partial charge in [0.25, 0.3) is 5.91 Å². The molecule has 2 aromatic rings. The standard InChI is InChI=1S/C17H21BrN4O/c1-4-5-9-22(3)17-19-12(2)10-15(21-17)16(23)20-14-8-6-7-13(18)11-14/h6-8,10-11H,4-5,9H2,1-3H3,(H,20,23). The number of carbonyl (C=O) groups excluding carboxylic acids is 1. The average molecular weight is 377 g/mol. The Morgan fingerprint density at radius 3 is 2.78 bits per heavy atom. The maximum atomic E-state index is 12.4. The predicted molar refractivity (Wildman–Crippen MR) is 97.0 cm³/mol. The molecule has 1 N–H and O–H groups in total. The number of nitrogens with one attached hydrogen (secondary N) is 1. The molecule has 0 aliphatic heterocycles. The first-order valence-electron chi connectivity index (χ1n) is 7.63. The lowest BCUT2D eigenvalue weighted by Gasteiger charge is -2.17. The summed E-state index contributed by atoms with van der Waals surface area (Å²) in [4.78, 5) is 23.2. The molecule has 1 aromatic carbocycles. The van der Waals surface area contributed by atoms with E-state index in [-0.39, 0.29) is 5.91 Å². The van der Waals surface area contributed by atoms with Gasteiger partial charge in [0, 0.05) is 29.4 Å². The summed E-state index contributed by atoms with van der Waals surface area (Å²) >= 11 is 3.39. The molecule has 0 aliphatic carbocycles. The zero-order valence-corrected chi connectivity index (χ0v) is 15.2. The van der Waals surface area contributed by atoms with Crippen molar-refractivity contribution in [2.75, 3.05) is 23.8 Å². The van der Waals surface area contributed by atoms with Crippen LogP contribution in [-0.2, 0) is 0 Å². The van der Waals surface area contributed by atoms with Crippen LogP contribution in [0.5, 0.6) is 0 Å². The molecule has 0 saturated carbocycles. The summed E-state index contributed by atoms with van der Waals surface area (Å²) in [6.07, 6.45) is 2.17. The normalized spacial score (nSPS) is 10.4. The Labute approximate surface area is 145 Å². The van der Waals surface area contributed by atoms with E-state index in [9.17, 15) is 4.79 Å². The van der Waals surface area contributed by atoms with E-state index in [1.165, 1.54) is 0 Å². The summed E-state index contributed by atoms with van der Waals surface area (Å²) in [5.41, 5.74) is 1.87. The third kappa shape index (κ3) is 5.03. The van der Waals surface area contributed by atoms with Gasteiger partial charge in [-0.2, -0.15) is 0 Å². The van der Waals surface area contributed by atoms with Crippen LogP contribution in [0.2, 0.25) is 0 Å². The quantitative estimate of drug-likeness (QED) is 0.826. The number of aryl methyl sites for hydroxylation is 1. The van der Waals surface area contributed by atoms with Gasteiger partial charge in [0.2, 0.25) is 5.95 Å². The van der Waals surface area contributed by atoms with Crippen LogP contribution in [0, 0.1) is 6.92 Å². The van der Waals surface area contributed by atoms with Crippen molar-refractivity contribution in [2.24, 2.45) is 0 Å². The Bertz CT molecular complexity index is 690. The number of aromatic nitrogens is 2. The van der Waals surface area contributed by atoms with Crippen LogP contribution in [0.4, 0.5) is 11.6 Å². The highest BCUT2D eigenvalue weighted by molar-refractivity contribution is 9.10. The molecule has 0 saturated heterocycles. The monoisotopic (exact) mass is 376 g/mol. The van der Waals surface area contributed by atoms with E-state index < -0.39 is 0 Å².